The Morgan fingerprint density at radius 2 is 1.78 bits per heavy atom. The number of aromatic carboxylic acids is 1. The van der Waals surface area contributed by atoms with E-state index in [0.29, 0.717) is 24.4 Å². The van der Waals surface area contributed by atoms with E-state index in [1.165, 1.54) is 0 Å². The van der Waals surface area contributed by atoms with Crippen LogP contribution in [0.2, 0.25) is 0 Å². The maximum Gasteiger partial charge on any atom is 0.335 e. The molecule has 4 rings (SSSR count). The molecule has 1 fully saturated rings. The van der Waals surface area contributed by atoms with Crippen molar-refractivity contribution >= 4 is 28.7 Å². The third-order valence-electron chi connectivity index (χ3n) is 5.83. The summed E-state index contributed by atoms with van der Waals surface area (Å²) in [5, 5.41) is 18.3. The molecule has 9 nitrogen and oxygen atoms in total. The van der Waals surface area contributed by atoms with Crippen LogP contribution in [0.3, 0.4) is 0 Å². The van der Waals surface area contributed by atoms with Crippen LogP contribution in [-0.4, -0.2) is 76.4 Å². The van der Waals surface area contributed by atoms with E-state index in [1.807, 2.05) is 34.6 Å². The number of rotatable bonds is 7. The van der Waals surface area contributed by atoms with Gasteiger partial charge in [0.15, 0.2) is 0 Å². The monoisotopic (exact) mass is 438 g/mol. The standard InChI is InChI=1S/C23H26N4O5/c1-15(32-2)22-24-19-12-16(23(30)31)6-7-20(19)27(22)18-5-3-4-17(13-18)26-10-8-25(9-11-26)14-21(28)29/h3-7,12-13,15H,8-11,14H2,1-2H3,(H,28,29)(H,30,31). The molecule has 0 bridgehead atoms. The van der Waals surface area contributed by atoms with Gasteiger partial charge in [-0.3, -0.25) is 14.3 Å². The molecule has 1 unspecified atom stereocenters. The highest BCUT2D eigenvalue weighted by Crippen LogP contribution is 2.29. The van der Waals surface area contributed by atoms with Crippen molar-refractivity contribution in [2.45, 2.75) is 13.0 Å². The smallest absolute Gasteiger partial charge is 0.335 e. The number of hydrogen-bond donors (Lipinski definition) is 2. The van der Waals surface area contributed by atoms with Crippen LogP contribution in [0, 0.1) is 0 Å². The molecule has 32 heavy (non-hydrogen) atoms. The summed E-state index contributed by atoms with van der Waals surface area (Å²) in [4.78, 5) is 31.2. The number of carboxylic acids is 2. The van der Waals surface area contributed by atoms with Crippen molar-refractivity contribution < 1.29 is 24.5 Å². The lowest BCUT2D eigenvalue weighted by Crippen LogP contribution is -2.48. The maximum absolute atomic E-state index is 11.4. The molecule has 0 aliphatic carbocycles. The number of imidazole rings is 1. The molecule has 1 aliphatic heterocycles. The normalized spacial score (nSPS) is 15.8. The van der Waals surface area contributed by atoms with E-state index in [2.05, 4.69) is 16.0 Å². The van der Waals surface area contributed by atoms with Gasteiger partial charge in [-0.25, -0.2) is 9.78 Å². The Bertz CT molecular complexity index is 1150. The zero-order valence-corrected chi connectivity index (χ0v) is 18.1. The summed E-state index contributed by atoms with van der Waals surface area (Å²) in [6.07, 6.45) is -0.293. The van der Waals surface area contributed by atoms with Gasteiger partial charge in [0.05, 0.1) is 23.1 Å². The van der Waals surface area contributed by atoms with Crippen LogP contribution in [0.15, 0.2) is 42.5 Å². The van der Waals surface area contributed by atoms with Crippen molar-refractivity contribution in [2.75, 3.05) is 44.7 Å². The number of methoxy groups -OCH3 is 1. The molecular formula is C23H26N4O5. The average Bonchev–Trinajstić information content (AvgIpc) is 3.17. The quantitative estimate of drug-likeness (QED) is 0.580. The third kappa shape index (κ3) is 4.30. The molecule has 1 aromatic heterocycles. The van der Waals surface area contributed by atoms with Crippen LogP contribution in [-0.2, 0) is 9.53 Å². The van der Waals surface area contributed by atoms with Gasteiger partial charge < -0.3 is 19.8 Å². The first-order valence-electron chi connectivity index (χ1n) is 10.5. The second-order valence-electron chi connectivity index (χ2n) is 7.87. The predicted octanol–water partition coefficient (Wildman–Crippen LogP) is 2.64. The van der Waals surface area contributed by atoms with Crippen molar-refractivity contribution in [2.24, 2.45) is 0 Å². The summed E-state index contributed by atoms with van der Waals surface area (Å²) < 4.78 is 7.53. The van der Waals surface area contributed by atoms with Crippen LogP contribution >= 0.6 is 0 Å². The number of nitrogens with zero attached hydrogens (tertiary/aromatic N) is 4. The molecule has 0 saturated carbocycles. The van der Waals surface area contributed by atoms with Gasteiger partial charge in [-0.1, -0.05) is 6.07 Å². The highest BCUT2D eigenvalue weighted by atomic mass is 16.5. The number of ether oxygens (including phenoxy) is 1. The molecule has 0 radical (unpaired) electrons. The van der Waals surface area contributed by atoms with Gasteiger partial charge in [-0.15, -0.1) is 0 Å². The lowest BCUT2D eigenvalue weighted by Gasteiger charge is -2.35. The third-order valence-corrected chi connectivity index (χ3v) is 5.83. The number of aliphatic carboxylic acids is 1. The second-order valence-corrected chi connectivity index (χ2v) is 7.87. The molecule has 2 heterocycles. The number of carboxylic acid groups (broad SMARTS) is 2. The van der Waals surface area contributed by atoms with E-state index < -0.39 is 11.9 Å². The van der Waals surface area contributed by atoms with Gasteiger partial charge in [0.1, 0.15) is 11.9 Å². The fourth-order valence-corrected chi connectivity index (χ4v) is 4.07. The molecular weight excluding hydrogens is 412 g/mol. The van der Waals surface area contributed by atoms with Gasteiger partial charge in [-0.05, 0) is 43.3 Å². The number of anilines is 1. The van der Waals surface area contributed by atoms with Crippen molar-refractivity contribution in [3.8, 4) is 5.69 Å². The second kappa shape index (κ2) is 8.97. The van der Waals surface area contributed by atoms with E-state index in [-0.39, 0.29) is 18.2 Å². The fourth-order valence-electron chi connectivity index (χ4n) is 4.07. The van der Waals surface area contributed by atoms with Crippen molar-refractivity contribution in [3.63, 3.8) is 0 Å². The predicted molar refractivity (Wildman–Crippen MR) is 120 cm³/mol. The Morgan fingerprint density at radius 3 is 2.44 bits per heavy atom. The molecule has 0 amide bonds. The summed E-state index contributed by atoms with van der Waals surface area (Å²) in [7, 11) is 1.62. The SMILES string of the molecule is COC(C)c1nc2cc(C(=O)O)ccc2n1-c1cccc(N2CCN(CC(=O)O)CC2)c1. The molecule has 0 spiro atoms. The number of carbonyl (C=O) groups is 2. The maximum atomic E-state index is 11.4. The van der Waals surface area contributed by atoms with E-state index >= 15 is 0 Å². The highest BCUT2D eigenvalue weighted by molar-refractivity contribution is 5.93. The number of piperazine rings is 1. The zero-order chi connectivity index (χ0) is 22.8. The van der Waals surface area contributed by atoms with Crippen LogP contribution in [0.1, 0.15) is 29.2 Å². The van der Waals surface area contributed by atoms with E-state index in [4.69, 9.17) is 9.84 Å². The van der Waals surface area contributed by atoms with Crippen LogP contribution in [0.4, 0.5) is 5.69 Å². The summed E-state index contributed by atoms with van der Waals surface area (Å²) in [6.45, 7) is 4.82. The Kier molecular flexibility index (Phi) is 6.11. The minimum Gasteiger partial charge on any atom is -0.480 e. The Labute approximate surface area is 185 Å². The Hall–Kier alpha value is -3.43. The first-order chi connectivity index (χ1) is 15.4. The Balaban J connectivity index is 1.70. The number of aromatic nitrogens is 2. The summed E-state index contributed by atoms with van der Waals surface area (Å²) in [5.41, 5.74) is 3.53. The van der Waals surface area contributed by atoms with Crippen LogP contribution in [0.5, 0.6) is 0 Å². The van der Waals surface area contributed by atoms with Gasteiger partial charge in [0.2, 0.25) is 0 Å². The van der Waals surface area contributed by atoms with Crippen molar-refractivity contribution in [1.82, 2.24) is 14.5 Å². The number of fused-ring (bicyclic) bond motifs is 1. The first kappa shape index (κ1) is 21.8. The van der Waals surface area contributed by atoms with Crippen molar-refractivity contribution in [3.05, 3.63) is 53.9 Å². The van der Waals surface area contributed by atoms with E-state index in [9.17, 15) is 14.7 Å². The topological polar surface area (TPSA) is 108 Å². The lowest BCUT2D eigenvalue weighted by atomic mass is 10.2. The van der Waals surface area contributed by atoms with E-state index in [1.54, 1.807) is 25.3 Å². The molecule has 3 aromatic rings. The van der Waals surface area contributed by atoms with E-state index in [0.717, 1.165) is 30.0 Å². The largest absolute Gasteiger partial charge is 0.480 e. The highest BCUT2D eigenvalue weighted by Gasteiger charge is 2.22. The van der Waals surface area contributed by atoms with Crippen LogP contribution < -0.4 is 4.90 Å². The molecule has 1 saturated heterocycles. The van der Waals surface area contributed by atoms with Crippen LogP contribution in [0.25, 0.3) is 16.7 Å². The lowest BCUT2D eigenvalue weighted by molar-refractivity contribution is -0.138. The van der Waals surface area contributed by atoms with Gasteiger partial charge >= 0.3 is 11.9 Å². The number of hydrogen-bond acceptors (Lipinski definition) is 6. The minimum atomic E-state index is -0.994. The average molecular weight is 438 g/mol. The van der Waals surface area contributed by atoms with Crippen molar-refractivity contribution in [1.29, 1.82) is 0 Å². The number of benzene rings is 2. The summed E-state index contributed by atoms with van der Waals surface area (Å²) >= 11 is 0. The molecule has 2 aromatic carbocycles. The summed E-state index contributed by atoms with van der Waals surface area (Å²) in [6, 6.07) is 13.0. The molecule has 1 atom stereocenters. The summed E-state index contributed by atoms with van der Waals surface area (Å²) in [5.74, 6) is -1.11. The Morgan fingerprint density at radius 1 is 1.06 bits per heavy atom. The molecule has 168 valence electrons. The minimum absolute atomic E-state index is 0.0610. The molecule has 2 N–H and O–H groups in total. The van der Waals surface area contributed by atoms with Gasteiger partial charge in [0.25, 0.3) is 0 Å². The first-order valence-corrected chi connectivity index (χ1v) is 10.5. The zero-order valence-electron chi connectivity index (χ0n) is 18.1. The molecule has 1 aliphatic rings. The van der Waals surface area contributed by atoms with Gasteiger partial charge in [-0.2, -0.15) is 0 Å². The van der Waals surface area contributed by atoms with Gasteiger partial charge in [0, 0.05) is 44.7 Å². The fraction of sp³-hybridized carbons (Fsp3) is 0.348. The molecule has 9 heteroatoms.